The molecule has 2 N–H and O–H groups in total. The SMILES string of the molecule is Cc1ccc(-c2nc3ccc(Cl)cn3c2C(C)C(N)=S)c(C)c1. The van der Waals surface area contributed by atoms with E-state index < -0.39 is 0 Å². The van der Waals surface area contributed by atoms with E-state index in [9.17, 15) is 0 Å². The molecule has 5 heteroatoms. The van der Waals surface area contributed by atoms with Gasteiger partial charge in [-0.2, -0.15) is 0 Å². The highest BCUT2D eigenvalue weighted by Crippen LogP contribution is 2.33. The minimum absolute atomic E-state index is 0.103. The molecule has 3 rings (SSSR count). The van der Waals surface area contributed by atoms with Crippen molar-refractivity contribution in [1.82, 2.24) is 9.38 Å². The molecule has 2 heterocycles. The molecular formula is C18H18ClN3S. The number of hydrogen-bond acceptors (Lipinski definition) is 2. The third-order valence-corrected chi connectivity index (χ3v) is 4.67. The van der Waals surface area contributed by atoms with Crippen molar-refractivity contribution in [2.45, 2.75) is 26.7 Å². The first-order chi connectivity index (χ1) is 10.9. The van der Waals surface area contributed by atoms with E-state index in [-0.39, 0.29) is 5.92 Å². The Morgan fingerprint density at radius 2 is 2.00 bits per heavy atom. The lowest BCUT2D eigenvalue weighted by atomic mass is 9.97. The molecule has 0 fully saturated rings. The van der Waals surface area contributed by atoms with E-state index in [4.69, 9.17) is 34.5 Å². The number of nitrogens with two attached hydrogens (primary N) is 1. The number of imidazole rings is 1. The summed E-state index contributed by atoms with van der Waals surface area (Å²) >= 11 is 11.4. The zero-order valence-corrected chi connectivity index (χ0v) is 14.9. The van der Waals surface area contributed by atoms with Crippen molar-refractivity contribution < 1.29 is 0 Å². The molecule has 0 bridgehead atoms. The van der Waals surface area contributed by atoms with Gasteiger partial charge in [-0.15, -0.1) is 0 Å². The van der Waals surface area contributed by atoms with Crippen LogP contribution in [0.15, 0.2) is 36.5 Å². The fourth-order valence-electron chi connectivity index (χ4n) is 2.86. The van der Waals surface area contributed by atoms with Crippen LogP contribution in [0, 0.1) is 13.8 Å². The molecule has 0 amide bonds. The average molecular weight is 344 g/mol. The monoisotopic (exact) mass is 343 g/mol. The van der Waals surface area contributed by atoms with Gasteiger partial charge >= 0.3 is 0 Å². The molecule has 0 aliphatic heterocycles. The Morgan fingerprint density at radius 1 is 1.26 bits per heavy atom. The first kappa shape index (κ1) is 16.0. The van der Waals surface area contributed by atoms with E-state index in [2.05, 4.69) is 32.0 Å². The molecule has 1 unspecified atom stereocenters. The number of pyridine rings is 1. The molecule has 3 nitrogen and oxygen atoms in total. The summed E-state index contributed by atoms with van der Waals surface area (Å²) in [7, 11) is 0. The summed E-state index contributed by atoms with van der Waals surface area (Å²) in [5.74, 6) is -0.103. The second-order valence-electron chi connectivity index (χ2n) is 5.86. The first-order valence-electron chi connectivity index (χ1n) is 7.43. The zero-order valence-electron chi connectivity index (χ0n) is 13.3. The highest BCUT2D eigenvalue weighted by Gasteiger charge is 2.22. The van der Waals surface area contributed by atoms with Gasteiger partial charge in [0.05, 0.1) is 21.4 Å². The molecule has 118 valence electrons. The van der Waals surface area contributed by atoms with Gasteiger partial charge in [0.15, 0.2) is 0 Å². The van der Waals surface area contributed by atoms with Crippen LogP contribution in [0.3, 0.4) is 0 Å². The fourth-order valence-corrected chi connectivity index (χ4v) is 3.14. The van der Waals surface area contributed by atoms with Gasteiger partial charge in [-0.1, -0.05) is 54.5 Å². The number of aryl methyl sites for hydroxylation is 2. The van der Waals surface area contributed by atoms with Crippen molar-refractivity contribution in [3.63, 3.8) is 0 Å². The third-order valence-electron chi connectivity index (χ3n) is 4.09. The third kappa shape index (κ3) is 2.84. The standard InChI is InChI=1S/C18H18ClN3S/c1-10-4-6-14(11(2)8-10)16-17(12(3)18(20)23)22-9-13(19)5-7-15(22)21-16/h4-9,12H,1-3H3,(H2,20,23). The largest absolute Gasteiger partial charge is 0.393 e. The maximum absolute atomic E-state index is 6.17. The van der Waals surface area contributed by atoms with Crippen LogP contribution >= 0.6 is 23.8 Å². The van der Waals surface area contributed by atoms with Gasteiger partial charge in [-0.05, 0) is 31.5 Å². The predicted molar refractivity (Wildman–Crippen MR) is 100 cm³/mol. The average Bonchev–Trinajstić information content (AvgIpc) is 2.84. The number of halogens is 1. The van der Waals surface area contributed by atoms with Gasteiger partial charge in [0.1, 0.15) is 5.65 Å². The van der Waals surface area contributed by atoms with Gasteiger partial charge in [0, 0.05) is 17.7 Å². The minimum atomic E-state index is -0.103. The van der Waals surface area contributed by atoms with E-state index in [0.29, 0.717) is 10.0 Å². The second-order valence-corrected chi connectivity index (χ2v) is 6.77. The van der Waals surface area contributed by atoms with Crippen LogP contribution in [0.2, 0.25) is 5.02 Å². The number of nitrogens with zero attached hydrogens (tertiary/aromatic N) is 2. The highest BCUT2D eigenvalue weighted by molar-refractivity contribution is 7.80. The molecule has 1 atom stereocenters. The van der Waals surface area contributed by atoms with E-state index in [1.165, 1.54) is 11.1 Å². The lowest BCUT2D eigenvalue weighted by Crippen LogP contribution is -2.18. The quantitative estimate of drug-likeness (QED) is 0.703. The number of rotatable bonds is 3. The van der Waals surface area contributed by atoms with Crippen molar-refractivity contribution in [3.05, 3.63) is 58.4 Å². The minimum Gasteiger partial charge on any atom is -0.393 e. The van der Waals surface area contributed by atoms with Crippen molar-refractivity contribution in [1.29, 1.82) is 0 Å². The van der Waals surface area contributed by atoms with Crippen molar-refractivity contribution in [2.75, 3.05) is 0 Å². The smallest absolute Gasteiger partial charge is 0.137 e. The van der Waals surface area contributed by atoms with Crippen molar-refractivity contribution in [3.8, 4) is 11.3 Å². The van der Waals surface area contributed by atoms with E-state index in [1.54, 1.807) is 0 Å². The second kappa shape index (κ2) is 5.95. The molecule has 0 saturated carbocycles. The predicted octanol–water partition coefficient (Wildman–Crippen LogP) is 4.66. The molecule has 2 aromatic heterocycles. The Bertz CT molecular complexity index is 914. The van der Waals surface area contributed by atoms with Crippen molar-refractivity contribution >= 4 is 34.5 Å². The normalized spacial score (nSPS) is 12.5. The van der Waals surface area contributed by atoms with Gasteiger partial charge in [-0.25, -0.2) is 4.98 Å². The summed E-state index contributed by atoms with van der Waals surface area (Å²) in [6, 6.07) is 10.1. The van der Waals surface area contributed by atoms with E-state index >= 15 is 0 Å². The van der Waals surface area contributed by atoms with Gasteiger partial charge < -0.3 is 10.1 Å². The summed E-state index contributed by atoms with van der Waals surface area (Å²) in [5.41, 5.74) is 12.1. The van der Waals surface area contributed by atoms with Crippen LogP contribution in [-0.2, 0) is 0 Å². The van der Waals surface area contributed by atoms with Crippen LogP contribution < -0.4 is 5.73 Å². The Labute approximate surface area is 146 Å². The van der Waals surface area contributed by atoms with Gasteiger partial charge in [0.25, 0.3) is 0 Å². The lowest BCUT2D eigenvalue weighted by molar-refractivity contribution is 0.930. The molecule has 0 aliphatic rings. The Kier molecular flexibility index (Phi) is 4.13. The van der Waals surface area contributed by atoms with Crippen LogP contribution in [-0.4, -0.2) is 14.4 Å². The van der Waals surface area contributed by atoms with Crippen LogP contribution in [0.5, 0.6) is 0 Å². The topological polar surface area (TPSA) is 43.3 Å². The maximum Gasteiger partial charge on any atom is 0.137 e. The van der Waals surface area contributed by atoms with E-state index in [1.807, 2.05) is 29.7 Å². The summed E-state index contributed by atoms with van der Waals surface area (Å²) in [6.45, 7) is 6.17. The highest BCUT2D eigenvalue weighted by atomic mass is 35.5. The number of hydrogen-bond donors (Lipinski definition) is 1. The number of fused-ring (bicyclic) bond motifs is 1. The van der Waals surface area contributed by atoms with Crippen LogP contribution in [0.4, 0.5) is 0 Å². The Morgan fingerprint density at radius 3 is 2.65 bits per heavy atom. The summed E-state index contributed by atoms with van der Waals surface area (Å²) in [5, 5.41) is 0.651. The van der Waals surface area contributed by atoms with Crippen molar-refractivity contribution in [2.24, 2.45) is 5.73 Å². The maximum atomic E-state index is 6.17. The van der Waals surface area contributed by atoms with Gasteiger partial charge in [-0.3, -0.25) is 0 Å². The number of thiocarbonyl (C=S) groups is 1. The van der Waals surface area contributed by atoms with Crippen LogP contribution in [0.25, 0.3) is 16.9 Å². The summed E-state index contributed by atoms with van der Waals surface area (Å²) < 4.78 is 1.99. The Hall–Kier alpha value is -1.91. The van der Waals surface area contributed by atoms with Gasteiger partial charge in [0.2, 0.25) is 0 Å². The van der Waals surface area contributed by atoms with E-state index in [0.717, 1.165) is 22.6 Å². The first-order valence-corrected chi connectivity index (χ1v) is 8.21. The summed E-state index contributed by atoms with van der Waals surface area (Å²) in [6.07, 6.45) is 1.86. The Balaban J connectivity index is 2.35. The molecular weight excluding hydrogens is 326 g/mol. The molecule has 0 spiro atoms. The zero-order chi connectivity index (χ0) is 16.7. The molecule has 0 radical (unpaired) electrons. The molecule has 0 saturated heterocycles. The number of aromatic nitrogens is 2. The van der Waals surface area contributed by atoms with Crippen LogP contribution in [0.1, 0.15) is 29.7 Å². The molecule has 0 aliphatic carbocycles. The molecule has 3 aromatic rings. The fraction of sp³-hybridized carbons (Fsp3) is 0.222. The summed E-state index contributed by atoms with van der Waals surface area (Å²) in [4.78, 5) is 5.25. The number of benzene rings is 1. The molecule has 1 aromatic carbocycles. The lowest BCUT2D eigenvalue weighted by Gasteiger charge is -2.14. The molecule has 23 heavy (non-hydrogen) atoms.